The summed E-state index contributed by atoms with van der Waals surface area (Å²) >= 11 is 9.42. The normalized spacial score (nSPS) is 24.9. The highest BCUT2D eigenvalue weighted by Gasteiger charge is 2.30. The van der Waals surface area contributed by atoms with Crippen molar-refractivity contribution >= 4 is 33.3 Å². The molecule has 104 valence electrons. The lowest BCUT2D eigenvalue weighted by molar-refractivity contribution is 0.175. The van der Waals surface area contributed by atoms with Crippen LogP contribution in [0.1, 0.15) is 25.7 Å². The van der Waals surface area contributed by atoms with Crippen LogP contribution in [0.25, 0.3) is 0 Å². The van der Waals surface area contributed by atoms with Crippen molar-refractivity contribution in [3.05, 3.63) is 16.0 Å². The van der Waals surface area contributed by atoms with Gasteiger partial charge in [0.25, 0.3) is 0 Å². The fourth-order valence-electron chi connectivity index (χ4n) is 3.07. The van der Waals surface area contributed by atoms with Gasteiger partial charge in [-0.2, -0.15) is 4.98 Å². The molecule has 0 aliphatic carbocycles. The molecule has 4 nitrogen and oxygen atoms in total. The summed E-state index contributed by atoms with van der Waals surface area (Å²) < 4.78 is 0.927. The van der Waals surface area contributed by atoms with E-state index in [9.17, 15) is 0 Å². The Hall–Kier alpha value is -0.390. The molecule has 3 heterocycles. The molecule has 2 saturated heterocycles. The smallest absolute Gasteiger partial charge is 0.224 e. The average molecular weight is 346 g/mol. The van der Waals surface area contributed by atoms with Gasteiger partial charge in [-0.15, -0.1) is 0 Å². The van der Waals surface area contributed by atoms with Gasteiger partial charge in [0, 0.05) is 25.3 Å². The quantitative estimate of drug-likeness (QED) is 0.772. The molecule has 0 radical (unpaired) electrons. The summed E-state index contributed by atoms with van der Waals surface area (Å²) in [6, 6.07) is 0.668. The lowest BCUT2D eigenvalue weighted by Gasteiger charge is -2.32. The molecular formula is C13H18BrClN4. The minimum Gasteiger partial charge on any atom is -0.354 e. The molecule has 1 unspecified atom stereocenters. The fraction of sp³-hybridized carbons (Fsp3) is 0.692. The molecule has 6 heteroatoms. The van der Waals surface area contributed by atoms with E-state index in [2.05, 4.69) is 35.7 Å². The van der Waals surface area contributed by atoms with Crippen molar-refractivity contribution in [2.45, 2.75) is 31.7 Å². The first kappa shape index (κ1) is 13.6. The Kier molecular flexibility index (Phi) is 4.24. The Morgan fingerprint density at radius 3 is 2.79 bits per heavy atom. The van der Waals surface area contributed by atoms with Gasteiger partial charge in [0.05, 0.1) is 4.47 Å². The lowest BCUT2D eigenvalue weighted by Crippen LogP contribution is -2.41. The second kappa shape index (κ2) is 5.94. The number of nitrogens with zero attached hydrogens (tertiary/aromatic N) is 4. The highest BCUT2D eigenvalue weighted by molar-refractivity contribution is 9.10. The van der Waals surface area contributed by atoms with Crippen molar-refractivity contribution in [1.82, 2.24) is 14.9 Å². The molecule has 2 fully saturated rings. The molecule has 1 aromatic heterocycles. The van der Waals surface area contributed by atoms with E-state index in [-0.39, 0.29) is 0 Å². The van der Waals surface area contributed by atoms with E-state index in [0.29, 0.717) is 11.3 Å². The Morgan fingerprint density at radius 1 is 1.21 bits per heavy atom. The van der Waals surface area contributed by atoms with Gasteiger partial charge < -0.3 is 4.90 Å². The van der Waals surface area contributed by atoms with Crippen LogP contribution in [0, 0.1) is 0 Å². The van der Waals surface area contributed by atoms with Gasteiger partial charge in [0.15, 0.2) is 0 Å². The fourth-order valence-corrected chi connectivity index (χ4v) is 3.65. The van der Waals surface area contributed by atoms with Gasteiger partial charge >= 0.3 is 0 Å². The largest absolute Gasteiger partial charge is 0.354 e. The van der Waals surface area contributed by atoms with E-state index < -0.39 is 0 Å². The van der Waals surface area contributed by atoms with Crippen molar-refractivity contribution in [2.75, 3.05) is 31.1 Å². The number of hydrogen-bond donors (Lipinski definition) is 0. The summed E-state index contributed by atoms with van der Waals surface area (Å²) in [4.78, 5) is 13.3. The summed E-state index contributed by atoms with van der Waals surface area (Å²) in [5, 5.41) is 0.319. The van der Waals surface area contributed by atoms with Gasteiger partial charge in [-0.25, -0.2) is 4.98 Å². The summed E-state index contributed by atoms with van der Waals surface area (Å²) in [6.07, 6.45) is 7.03. The number of rotatable bonds is 2. The molecule has 1 atom stereocenters. The monoisotopic (exact) mass is 344 g/mol. The second-order valence-corrected chi connectivity index (χ2v) is 6.49. The highest BCUT2D eigenvalue weighted by Crippen LogP contribution is 2.29. The summed E-state index contributed by atoms with van der Waals surface area (Å²) in [5.74, 6) is 0.930. The maximum absolute atomic E-state index is 5.90. The van der Waals surface area contributed by atoms with Crippen molar-refractivity contribution < 1.29 is 0 Å². The first-order valence-electron chi connectivity index (χ1n) is 6.91. The first-order chi connectivity index (χ1) is 9.24. The molecule has 2 aliphatic rings. The predicted octanol–water partition coefficient (Wildman–Crippen LogP) is 2.96. The molecule has 19 heavy (non-hydrogen) atoms. The average Bonchev–Trinajstić information content (AvgIpc) is 2.92. The standard InChI is InChI=1S/C13H18BrClN4/c14-11-8-16-13(15)17-12(11)19-7-4-10(9-19)18-5-2-1-3-6-18/h8,10H,1-7,9H2. The van der Waals surface area contributed by atoms with Gasteiger partial charge in [-0.3, -0.25) is 4.90 Å². The lowest BCUT2D eigenvalue weighted by atomic mass is 10.1. The van der Waals surface area contributed by atoms with Crippen LogP contribution in [0.2, 0.25) is 5.28 Å². The Balaban J connectivity index is 1.69. The Labute approximate surface area is 127 Å². The molecule has 0 aromatic carbocycles. The number of aromatic nitrogens is 2. The zero-order valence-electron chi connectivity index (χ0n) is 10.9. The second-order valence-electron chi connectivity index (χ2n) is 5.30. The van der Waals surface area contributed by atoms with E-state index in [1.54, 1.807) is 6.20 Å². The van der Waals surface area contributed by atoms with Crippen LogP contribution < -0.4 is 4.90 Å². The van der Waals surface area contributed by atoms with Gasteiger partial charge in [0.1, 0.15) is 5.82 Å². The summed E-state index contributed by atoms with van der Waals surface area (Å²) in [7, 11) is 0. The third kappa shape index (κ3) is 3.03. The van der Waals surface area contributed by atoms with Crippen LogP contribution in [-0.2, 0) is 0 Å². The van der Waals surface area contributed by atoms with Crippen LogP contribution in [0.15, 0.2) is 10.7 Å². The predicted molar refractivity (Wildman–Crippen MR) is 80.8 cm³/mol. The molecule has 0 saturated carbocycles. The molecule has 0 N–H and O–H groups in total. The van der Waals surface area contributed by atoms with Crippen LogP contribution >= 0.6 is 27.5 Å². The molecule has 2 aliphatic heterocycles. The van der Waals surface area contributed by atoms with E-state index >= 15 is 0 Å². The molecule has 3 rings (SSSR count). The maximum Gasteiger partial charge on any atom is 0.224 e. The van der Waals surface area contributed by atoms with Crippen molar-refractivity contribution in [1.29, 1.82) is 0 Å². The van der Waals surface area contributed by atoms with Crippen molar-refractivity contribution in [3.8, 4) is 0 Å². The van der Waals surface area contributed by atoms with E-state index in [4.69, 9.17) is 11.6 Å². The minimum atomic E-state index is 0.319. The summed E-state index contributed by atoms with van der Waals surface area (Å²) in [5.41, 5.74) is 0. The van der Waals surface area contributed by atoms with Crippen LogP contribution in [-0.4, -0.2) is 47.1 Å². The molecule has 1 aromatic rings. The Morgan fingerprint density at radius 2 is 2.00 bits per heavy atom. The molecular weight excluding hydrogens is 328 g/mol. The third-order valence-corrected chi connectivity index (χ3v) is 4.81. The number of halogens is 2. The SMILES string of the molecule is Clc1ncc(Br)c(N2CCC(N3CCCCC3)C2)n1. The third-order valence-electron chi connectivity index (χ3n) is 4.07. The van der Waals surface area contributed by atoms with Crippen LogP contribution in [0.5, 0.6) is 0 Å². The Bertz CT molecular complexity index is 450. The minimum absolute atomic E-state index is 0.319. The van der Waals surface area contributed by atoms with Gasteiger partial charge in [0.2, 0.25) is 5.28 Å². The van der Waals surface area contributed by atoms with Crippen molar-refractivity contribution in [2.24, 2.45) is 0 Å². The highest BCUT2D eigenvalue weighted by atomic mass is 79.9. The van der Waals surface area contributed by atoms with Crippen molar-refractivity contribution in [3.63, 3.8) is 0 Å². The molecule has 0 bridgehead atoms. The summed E-state index contributed by atoms with van der Waals surface area (Å²) in [6.45, 7) is 4.60. The van der Waals surface area contributed by atoms with Crippen LogP contribution in [0.4, 0.5) is 5.82 Å². The number of piperidine rings is 1. The number of anilines is 1. The first-order valence-corrected chi connectivity index (χ1v) is 8.08. The molecule has 0 amide bonds. The van der Waals surface area contributed by atoms with Crippen LogP contribution in [0.3, 0.4) is 0 Å². The topological polar surface area (TPSA) is 32.3 Å². The maximum atomic E-state index is 5.90. The van der Waals surface area contributed by atoms with Gasteiger partial charge in [-0.1, -0.05) is 6.42 Å². The number of likely N-dealkylation sites (tertiary alicyclic amines) is 1. The van der Waals surface area contributed by atoms with Gasteiger partial charge in [-0.05, 0) is 59.9 Å². The van der Waals surface area contributed by atoms with E-state index in [0.717, 1.165) is 23.4 Å². The zero-order chi connectivity index (χ0) is 13.2. The van der Waals surface area contributed by atoms with E-state index in [1.807, 2.05) is 0 Å². The molecule has 0 spiro atoms. The number of hydrogen-bond acceptors (Lipinski definition) is 4. The zero-order valence-corrected chi connectivity index (χ0v) is 13.2. The van der Waals surface area contributed by atoms with E-state index in [1.165, 1.54) is 38.8 Å².